The summed E-state index contributed by atoms with van der Waals surface area (Å²) in [4.78, 5) is 13.8. The standard InChI is InChI=1S/C14H22N2O/c1-5-11(3)13(15)14(17)16(4)12-8-6-10(2)7-9-12/h6-9,11,13H,5,15H2,1-4H3/t11?,13-/m0/s1. The predicted octanol–water partition coefficient (Wildman–Crippen LogP) is 2.33. The van der Waals surface area contributed by atoms with E-state index in [1.54, 1.807) is 11.9 Å². The minimum Gasteiger partial charge on any atom is -0.320 e. The molecule has 0 aromatic heterocycles. The lowest BCUT2D eigenvalue weighted by Crippen LogP contribution is -2.45. The summed E-state index contributed by atoms with van der Waals surface area (Å²) in [5.41, 5.74) is 8.02. The second-order valence-corrected chi connectivity index (χ2v) is 4.64. The Balaban J connectivity index is 2.79. The van der Waals surface area contributed by atoms with Crippen molar-refractivity contribution in [2.24, 2.45) is 11.7 Å². The zero-order chi connectivity index (χ0) is 13.0. The number of hydrogen-bond donors (Lipinski definition) is 1. The summed E-state index contributed by atoms with van der Waals surface area (Å²) in [6.07, 6.45) is 0.911. The molecular weight excluding hydrogens is 212 g/mol. The summed E-state index contributed by atoms with van der Waals surface area (Å²) in [5, 5.41) is 0. The second kappa shape index (κ2) is 5.82. The molecule has 0 aliphatic rings. The molecule has 0 heterocycles. The number of hydrogen-bond acceptors (Lipinski definition) is 2. The zero-order valence-corrected chi connectivity index (χ0v) is 11.1. The molecular formula is C14H22N2O. The maximum absolute atomic E-state index is 12.1. The molecule has 0 saturated carbocycles. The van der Waals surface area contributed by atoms with Crippen LogP contribution >= 0.6 is 0 Å². The highest BCUT2D eigenvalue weighted by molar-refractivity contribution is 5.96. The smallest absolute Gasteiger partial charge is 0.243 e. The van der Waals surface area contributed by atoms with Crippen LogP contribution in [0.5, 0.6) is 0 Å². The molecule has 2 N–H and O–H groups in total. The van der Waals surface area contributed by atoms with Crippen molar-refractivity contribution >= 4 is 11.6 Å². The van der Waals surface area contributed by atoms with E-state index in [9.17, 15) is 4.79 Å². The summed E-state index contributed by atoms with van der Waals surface area (Å²) in [6.45, 7) is 6.08. The molecule has 1 unspecified atom stereocenters. The third-order valence-electron chi connectivity index (χ3n) is 3.29. The van der Waals surface area contributed by atoms with Crippen LogP contribution in [0, 0.1) is 12.8 Å². The molecule has 1 aromatic rings. The molecule has 3 nitrogen and oxygen atoms in total. The van der Waals surface area contributed by atoms with Crippen molar-refractivity contribution in [2.75, 3.05) is 11.9 Å². The normalized spacial score (nSPS) is 14.2. The highest BCUT2D eigenvalue weighted by atomic mass is 16.2. The van der Waals surface area contributed by atoms with Gasteiger partial charge in [0.05, 0.1) is 6.04 Å². The lowest BCUT2D eigenvalue weighted by atomic mass is 9.99. The molecule has 1 amide bonds. The first-order valence-corrected chi connectivity index (χ1v) is 6.07. The van der Waals surface area contributed by atoms with E-state index in [-0.39, 0.29) is 11.8 Å². The maximum Gasteiger partial charge on any atom is 0.243 e. The zero-order valence-electron chi connectivity index (χ0n) is 11.1. The van der Waals surface area contributed by atoms with Crippen LogP contribution in [-0.2, 0) is 4.79 Å². The average Bonchev–Trinajstić information content (AvgIpc) is 2.36. The number of benzene rings is 1. The van der Waals surface area contributed by atoms with Crippen molar-refractivity contribution in [3.63, 3.8) is 0 Å². The predicted molar refractivity (Wildman–Crippen MR) is 72.0 cm³/mol. The number of rotatable bonds is 4. The van der Waals surface area contributed by atoms with E-state index in [2.05, 4.69) is 0 Å². The summed E-state index contributed by atoms with van der Waals surface area (Å²) < 4.78 is 0. The van der Waals surface area contributed by atoms with Crippen LogP contribution in [-0.4, -0.2) is 19.0 Å². The van der Waals surface area contributed by atoms with Gasteiger partial charge in [-0.25, -0.2) is 0 Å². The summed E-state index contributed by atoms with van der Waals surface area (Å²) in [7, 11) is 1.77. The van der Waals surface area contributed by atoms with E-state index in [1.807, 2.05) is 45.0 Å². The fraction of sp³-hybridized carbons (Fsp3) is 0.500. The molecule has 17 heavy (non-hydrogen) atoms. The van der Waals surface area contributed by atoms with Crippen molar-refractivity contribution in [3.05, 3.63) is 29.8 Å². The lowest BCUT2D eigenvalue weighted by molar-refractivity contribution is -0.120. The number of aryl methyl sites for hydroxylation is 1. The highest BCUT2D eigenvalue weighted by Crippen LogP contribution is 2.16. The van der Waals surface area contributed by atoms with Crippen LogP contribution in [0.25, 0.3) is 0 Å². The van der Waals surface area contributed by atoms with Crippen molar-refractivity contribution in [2.45, 2.75) is 33.2 Å². The summed E-state index contributed by atoms with van der Waals surface area (Å²) in [6, 6.07) is 7.45. The molecule has 0 spiro atoms. The molecule has 3 heteroatoms. The van der Waals surface area contributed by atoms with Gasteiger partial charge in [0.25, 0.3) is 0 Å². The van der Waals surface area contributed by atoms with Gasteiger partial charge in [-0.05, 0) is 25.0 Å². The van der Waals surface area contributed by atoms with Crippen LogP contribution < -0.4 is 10.6 Å². The topological polar surface area (TPSA) is 46.3 Å². The molecule has 0 aliphatic heterocycles. The first-order chi connectivity index (χ1) is 7.97. The van der Waals surface area contributed by atoms with Gasteiger partial charge < -0.3 is 10.6 Å². The Hall–Kier alpha value is -1.35. The maximum atomic E-state index is 12.1. The van der Waals surface area contributed by atoms with E-state index < -0.39 is 6.04 Å². The van der Waals surface area contributed by atoms with E-state index in [0.29, 0.717) is 0 Å². The van der Waals surface area contributed by atoms with Crippen LogP contribution in [0.2, 0.25) is 0 Å². The number of likely N-dealkylation sites (N-methyl/N-ethyl adjacent to an activating group) is 1. The minimum absolute atomic E-state index is 0.0248. The van der Waals surface area contributed by atoms with Crippen molar-refractivity contribution < 1.29 is 4.79 Å². The Morgan fingerprint density at radius 1 is 1.35 bits per heavy atom. The largest absolute Gasteiger partial charge is 0.320 e. The van der Waals surface area contributed by atoms with Crippen LogP contribution in [0.1, 0.15) is 25.8 Å². The molecule has 0 aliphatic carbocycles. The second-order valence-electron chi connectivity index (χ2n) is 4.64. The van der Waals surface area contributed by atoms with E-state index in [4.69, 9.17) is 5.73 Å². The van der Waals surface area contributed by atoms with E-state index in [0.717, 1.165) is 12.1 Å². The Morgan fingerprint density at radius 2 is 1.88 bits per heavy atom. The minimum atomic E-state index is -0.425. The number of anilines is 1. The number of carbonyl (C=O) groups excluding carboxylic acids is 1. The summed E-state index contributed by atoms with van der Waals surface area (Å²) in [5.74, 6) is 0.179. The first-order valence-electron chi connectivity index (χ1n) is 6.07. The van der Waals surface area contributed by atoms with Gasteiger partial charge in [-0.2, -0.15) is 0 Å². The fourth-order valence-electron chi connectivity index (χ4n) is 1.62. The van der Waals surface area contributed by atoms with Gasteiger partial charge in [0.1, 0.15) is 0 Å². The highest BCUT2D eigenvalue weighted by Gasteiger charge is 2.23. The Bertz CT molecular complexity index is 372. The van der Waals surface area contributed by atoms with Gasteiger partial charge in [-0.3, -0.25) is 4.79 Å². The van der Waals surface area contributed by atoms with E-state index in [1.165, 1.54) is 5.56 Å². The molecule has 1 aromatic carbocycles. The van der Waals surface area contributed by atoms with Crippen molar-refractivity contribution in [1.82, 2.24) is 0 Å². The van der Waals surface area contributed by atoms with Gasteiger partial charge in [-0.15, -0.1) is 0 Å². The SMILES string of the molecule is CCC(C)[C@H](N)C(=O)N(C)c1ccc(C)cc1. The van der Waals surface area contributed by atoms with Crippen LogP contribution in [0.3, 0.4) is 0 Å². The number of nitrogens with zero attached hydrogens (tertiary/aromatic N) is 1. The molecule has 0 bridgehead atoms. The fourth-order valence-corrected chi connectivity index (χ4v) is 1.62. The third-order valence-corrected chi connectivity index (χ3v) is 3.29. The first kappa shape index (κ1) is 13.7. The molecule has 1 rings (SSSR count). The Kier molecular flexibility index (Phi) is 4.70. The van der Waals surface area contributed by atoms with Crippen LogP contribution in [0.4, 0.5) is 5.69 Å². The van der Waals surface area contributed by atoms with Gasteiger partial charge in [-0.1, -0.05) is 38.0 Å². The molecule has 0 fully saturated rings. The summed E-state index contributed by atoms with van der Waals surface area (Å²) >= 11 is 0. The van der Waals surface area contributed by atoms with Gasteiger partial charge in [0, 0.05) is 12.7 Å². The number of carbonyl (C=O) groups is 1. The molecule has 94 valence electrons. The van der Waals surface area contributed by atoms with Crippen molar-refractivity contribution in [3.8, 4) is 0 Å². The average molecular weight is 234 g/mol. The monoisotopic (exact) mass is 234 g/mol. The van der Waals surface area contributed by atoms with Gasteiger partial charge in [0.15, 0.2) is 0 Å². The molecule has 0 radical (unpaired) electrons. The van der Waals surface area contributed by atoms with Crippen molar-refractivity contribution in [1.29, 1.82) is 0 Å². The number of amides is 1. The quantitative estimate of drug-likeness (QED) is 0.869. The molecule has 2 atom stereocenters. The molecule has 0 saturated heterocycles. The lowest BCUT2D eigenvalue weighted by Gasteiger charge is -2.24. The van der Waals surface area contributed by atoms with Gasteiger partial charge >= 0.3 is 0 Å². The Morgan fingerprint density at radius 3 is 2.35 bits per heavy atom. The Labute approximate surface area is 104 Å². The van der Waals surface area contributed by atoms with Gasteiger partial charge in [0.2, 0.25) is 5.91 Å². The number of nitrogens with two attached hydrogens (primary N) is 1. The third kappa shape index (κ3) is 3.30. The van der Waals surface area contributed by atoms with Crippen LogP contribution in [0.15, 0.2) is 24.3 Å². The van der Waals surface area contributed by atoms with E-state index >= 15 is 0 Å².